The molecule has 4 N–H and O–H groups in total. The highest BCUT2D eigenvalue weighted by molar-refractivity contribution is 5.89. The summed E-state index contributed by atoms with van der Waals surface area (Å²) in [6.45, 7) is 3.29. The van der Waals surface area contributed by atoms with Crippen LogP contribution in [-0.2, 0) is 16.1 Å². The molecule has 1 fully saturated rings. The molecule has 1 heterocycles. The van der Waals surface area contributed by atoms with E-state index in [-0.39, 0.29) is 23.8 Å². The van der Waals surface area contributed by atoms with E-state index in [0.29, 0.717) is 42.4 Å². The van der Waals surface area contributed by atoms with Crippen LogP contribution >= 0.6 is 0 Å². The van der Waals surface area contributed by atoms with E-state index in [2.05, 4.69) is 55.3 Å². The van der Waals surface area contributed by atoms with Gasteiger partial charge in [0.25, 0.3) is 0 Å². The number of hydrogen-bond donors (Lipinski definition) is 4. The largest absolute Gasteiger partial charge is 0.465 e. The van der Waals surface area contributed by atoms with Crippen LogP contribution in [0.15, 0.2) is 54.6 Å². The van der Waals surface area contributed by atoms with Crippen molar-refractivity contribution in [1.29, 1.82) is 0 Å². The summed E-state index contributed by atoms with van der Waals surface area (Å²) in [5, 5.41) is 12.8. The van der Waals surface area contributed by atoms with Gasteiger partial charge in [0, 0.05) is 32.1 Å². The Kier molecular flexibility index (Phi) is 9.66. The van der Waals surface area contributed by atoms with Crippen molar-refractivity contribution < 1.29 is 14.3 Å². The molecule has 1 amide bonds. The van der Waals surface area contributed by atoms with Gasteiger partial charge >= 0.3 is 5.97 Å². The third-order valence-electron chi connectivity index (χ3n) is 7.07. The number of aromatic nitrogens is 3. The summed E-state index contributed by atoms with van der Waals surface area (Å²) in [5.74, 6) is 1.50. The average Bonchev–Trinajstić information content (AvgIpc) is 2.99. The Labute approximate surface area is 229 Å². The zero-order chi connectivity index (χ0) is 27.6. The Morgan fingerprint density at radius 1 is 0.923 bits per heavy atom. The van der Waals surface area contributed by atoms with E-state index >= 15 is 0 Å². The molecule has 206 valence electrons. The van der Waals surface area contributed by atoms with Gasteiger partial charge in [-0.05, 0) is 54.9 Å². The number of benzene rings is 2. The first-order chi connectivity index (χ1) is 18.9. The topological polar surface area (TPSA) is 130 Å². The molecule has 39 heavy (non-hydrogen) atoms. The number of hydrogen-bond acceptors (Lipinski definition) is 9. The van der Waals surface area contributed by atoms with E-state index in [0.717, 1.165) is 31.2 Å². The van der Waals surface area contributed by atoms with Gasteiger partial charge in [0.2, 0.25) is 23.8 Å². The lowest BCUT2D eigenvalue weighted by atomic mass is 9.85. The van der Waals surface area contributed by atoms with E-state index in [9.17, 15) is 9.59 Å². The number of amides is 1. The number of esters is 1. The zero-order valence-electron chi connectivity index (χ0n) is 22.7. The van der Waals surface area contributed by atoms with Crippen molar-refractivity contribution in [1.82, 2.24) is 20.3 Å². The maximum Gasteiger partial charge on any atom is 0.337 e. The molecule has 0 unspecified atom stereocenters. The van der Waals surface area contributed by atoms with Crippen LogP contribution in [-0.4, -0.2) is 53.6 Å². The fourth-order valence-corrected chi connectivity index (χ4v) is 4.67. The van der Waals surface area contributed by atoms with Gasteiger partial charge in [0.1, 0.15) is 0 Å². The van der Waals surface area contributed by atoms with E-state index in [4.69, 9.17) is 4.74 Å². The summed E-state index contributed by atoms with van der Waals surface area (Å²) in [5.41, 5.74) is 2.68. The lowest BCUT2D eigenvalue weighted by Crippen LogP contribution is -2.36. The summed E-state index contributed by atoms with van der Waals surface area (Å²) in [7, 11) is 3.14. The number of rotatable bonds is 11. The van der Waals surface area contributed by atoms with Gasteiger partial charge in [-0.15, -0.1) is 0 Å². The molecule has 0 aliphatic heterocycles. The fourth-order valence-electron chi connectivity index (χ4n) is 4.67. The minimum Gasteiger partial charge on any atom is -0.465 e. The van der Waals surface area contributed by atoms with Crippen LogP contribution in [0.25, 0.3) is 0 Å². The van der Waals surface area contributed by atoms with E-state index < -0.39 is 0 Å². The lowest BCUT2D eigenvalue weighted by Gasteiger charge is -2.28. The van der Waals surface area contributed by atoms with Crippen LogP contribution < -0.4 is 21.3 Å². The number of anilines is 3. The van der Waals surface area contributed by atoms with Crippen molar-refractivity contribution in [3.63, 3.8) is 0 Å². The summed E-state index contributed by atoms with van der Waals surface area (Å²) in [6, 6.07) is 17.6. The van der Waals surface area contributed by atoms with E-state index in [1.807, 2.05) is 30.3 Å². The first-order valence-electron chi connectivity index (χ1n) is 13.4. The Bertz CT molecular complexity index is 1230. The molecule has 1 aromatic heterocycles. The number of ether oxygens (including phenoxy) is 1. The van der Waals surface area contributed by atoms with Crippen LogP contribution in [0, 0.1) is 5.92 Å². The van der Waals surface area contributed by atoms with Gasteiger partial charge < -0.3 is 26.0 Å². The number of nitrogens with zero attached hydrogens (tertiary/aromatic N) is 3. The Morgan fingerprint density at radius 3 is 2.26 bits per heavy atom. The third-order valence-corrected chi connectivity index (χ3v) is 7.07. The van der Waals surface area contributed by atoms with Crippen molar-refractivity contribution in [2.75, 3.05) is 36.7 Å². The molecule has 1 saturated carbocycles. The van der Waals surface area contributed by atoms with Gasteiger partial charge in [-0.2, -0.15) is 15.0 Å². The summed E-state index contributed by atoms with van der Waals surface area (Å²) >= 11 is 0. The molecule has 1 atom stereocenters. The first kappa shape index (κ1) is 27.8. The second-order valence-electron chi connectivity index (χ2n) is 9.85. The number of carbonyl (C=O) groups excluding carboxylic acids is 2. The molecular formula is C29H37N7O3. The highest BCUT2D eigenvalue weighted by atomic mass is 16.5. The van der Waals surface area contributed by atoms with E-state index in [1.165, 1.54) is 12.7 Å². The molecular weight excluding hydrogens is 494 g/mol. The average molecular weight is 532 g/mol. The van der Waals surface area contributed by atoms with Crippen molar-refractivity contribution in [3.05, 3.63) is 71.3 Å². The Hall–Kier alpha value is -4.21. The van der Waals surface area contributed by atoms with Gasteiger partial charge in [0.05, 0.1) is 12.7 Å². The highest BCUT2D eigenvalue weighted by Crippen LogP contribution is 2.27. The molecule has 3 aromatic rings. The molecule has 1 aliphatic rings. The van der Waals surface area contributed by atoms with Gasteiger partial charge in [-0.3, -0.25) is 4.79 Å². The smallest absolute Gasteiger partial charge is 0.337 e. The monoisotopic (exact) mass is 531 g/mol. The van der Waals surface area contributed by atoms with Crippen LogP contribution in [0.4, 0.5) is 17.8 Å². The fraction of sp³-hybridized carbons (Fsp3) is 0.414. The predicted octanol–water partition coefficient (Wildman–Crippen LogP) is 4.20. The van der Waals surface area contributed by atoms with Crippen LogP contribution in [0.5, 0.6) is 0 Å². The van der Waals surface area contributed by atoms with Crippen molar-refractivity contribution in [2.24, 2.45) is 5.92 Å². The van der Waals surface area contributed by atoms with Gasteiger partial charge in [-0.1, -0.05) is 49.4 Å². The van der Waals surface area contributed by atoms with Crippen LogP contribution in [0.3, 0.4) is 0 Å². The molecule has 2 aromatic carbocycles. The van der Waals surface area contributed by atoms with Crippen molar-refractivity contribution in [2.45, 2.75) is 51.1 Å². The lowest BCUT2D eigenvalue weighted by molar-refractivity contribution is -0.126. The van der Waals surface area contributed by atoms with E-state index in [1.54, 1.807) is 19.2 Å². The summed E-state index contributed by atoms with van der Waals surface area (Å²) < 4.78 is 4.72. The van der Waals surface area contributed by atoms with Gasteiger partial charge in [0.15, 0.2) is 0 Å². The quantitative estimate of drug-likeness (QED) is 0.269. The molecule has 10 heteroatoms. The minimum atomic E-state index is -0.375. The molecule has 0 saturated heterocycles. The summed E-state index contributed by atoms with van der Waals surface area (Å²) in [4.78, 5) is 37.9. The molecule has 1 aliphatic carbocycles. The molecule has 0 bridgehead atoms. The number of methoxy groups -OCH3 is 1. The SMILES string of the molecule is CNc1nc(NC[C@H](C)c2ccccc2)nc(N[C@H]2CC[C@H](C(=O)NCc3ccc(C(=O)OC)cc3)CC2)n1. The van der Waals surface area contributed by atoms with Crippen molar-refractivity contribution >= 4 is 29.7 Å². The van der Waals surface area contributed by atoms with Gasteiger partial charge in [-0.25, -0.2) is 4.79 Å². The Morgan fingerprint density at radius 2 is 1.59 bits per heavy atom. The predicted molar refractivity (Wildman–Crippen MR) is 152 cm³/mol. The zero-order valence-corrected chi connectivity index (χ0v) is 22.7. The maximum atomic E-state index is 12.8. The van der Waals surface area contributed by atoms with Crippen molar-refractivity contribution in [3.8, 4) is 0 Å². The Balaban J connectivity index is 1.25. The van der Waals surface area contributed by atoms with Crippen LogP contribution in [0.2, 0.25) is 0 Å². The number of carbonyl (C=O) groups is 2. The maximum absolute atomic E-state index is 12.8. The standard InChI is InChI=1S/C29H37N7O3/c1-19(21-7-5-4-6-8-21)17-32-28-34-27(30-2)35-29(36-28)33-24-15-13-22(14-16-24)25(37)31-18-20-9-11-23(12-10-20)26(38)39-3/h4-12,19,22,24H,13-18H2,1-3H3,(H,31,37)(H3,30,32,33,34,35,36)/t19-,22-,24-/m0/s1. The highest BCUT2D eigenvalue weighted by Gasteiger charge is 2.27. The minimum absolute atomic E-state index is 0.0275. The second kappa shape index (κ2) is 13.5. The van der Waals surface area contributed by atoms with Crippen LogP contribution in [0.1, 0.15) is 60.0 Å². The molecule has 0 spiro atoms. The second-order valence-corrected chi connectivity index (χ2v) is 9.85. The number of nitrogens with one attached hydrogen (secondary N) is 4. The first-order valence-corrected chi connectivity index (χ1v) is 13.4. The molecule has 10 nitrogen and oxygen atoms in total. The molecule has 4 rings (SSSR count). The normalized spacial score (nSPS) is 17.5. The summed E-state index contributed by atoms with van der Waals surface area (Å²) in [6.07, 6.45) is 3.27. The third kappa shape index (κ3) is 7.89. The molecule has 0 radical (unpaired) electrons.